The number of aryl methyl sites for hydroxylation is 1. The number of benzene rings is 2. The second kappa shape index (κ2) is 6.55. The van der Waals surface area contributed by atoms with Crippen LogP contribution < -0.4 is 0 Å². The molecule has 0 radical (unpaired) electrons. The Kier molecular flexibility index (Phi) is 4.31. The number of nitriles is 1. The number of para-hydroxylation sites is 1. The fourth-order valence-corrected chi connectivity index (χ4v) is 2.84. The van der Waals surface area contributed by atoms with E-state index in [0.717, 1.165) is 11.3 Å². The van der Waals surface area contributed by atoms with Crippen molar-refractivity contribution in [1.82, 2.24) is 14.8 Å². The van der Waals surface area contributed by atoms with E-state index in [4.69, 9.17) is 5.26 Å². The number of hydrogen-bond donors (Lipinski definition) is 1. The van der Waals surface area contributed by atoms with E-state index in [-0.39, 0.29) is 11.5 Å². The van der Waals surface area contributed by atoms with Gasteiger partial charge in [-0.15, -0.1) is 10.2 Å². The van der Waals surface area contributed by atoms with Gasteiger partial charge in [0, 0.05) is 5.69 Å². The molecule has 3 aromatic rings. The van der Waals surface area contributed by atoms with Gasteiger partial charge in [-0.05, 0) is 31.2 Å². The van der Waals surface area contributed by atoms with Crippen molar-refractivity contribution in [2.24, 2.45) is 0 Å². The summed E-state index contributed by atoms with van der Waals surface area (Å²) in [6.45, 7) is 2.02. The Bertz CT molecular complexity index is 865. The lowest BCUT2D eigenvalue weighted by molar-refractivity contribution is 0.476. The van der Waals surface area contributed by atoms with Gasteiger partial charge in [-0.25, -0.2) is 0 Å². The zero-order valence-electron chi connectivity index (χ0n) is 12.5. The van der Waals surface area contributed by atoms with Gasteiger partial charge in [-0.1, -0.05) is 41.6 Å². The van der Waals surface area contributed by atoms with Crippen LogP contribution in [0.2, 0.25) is 0 Å². The van der Waals surface area contributed by atoms with Crippen LogP contribution in [0.1, 0.15) is 5.56 Å². The van der Waals surface area contributed by atoms with Gasteiger partial charge in [0.25, 0.3) is 0 Å². The quantitative estimate of drug-likeness (QED) is 0.743. The van der Waals surface area contributed by atoms with Crippen LogP contribution in [0.15, 0.2) is 53.7 Å². The van der Waals surface area contributed by atoms with E-state index in [9.17, 15) is 5.11 Å². The Morgan fingerprint density at radius 3 is 2.57 bits per heavy atom. The van der Waals surface area contributed by atoms with Crippen molar-refractivity contribution in [2.75, 3.05) is 5.75 Å². The summed E-state index contributed by atoms with van der Waals surface area (Å²) < 4.78 is 1.86. The summed E-state index contributed by atoms with van der Waals surface area (Å²) in [5.41, 5.74) is 2.64. The fourth-order valence-electron chi connectivity index (χ4n) is 2.22. The lowest BCUT2D eigenvalue weighted by atomic mass is 10.1. The number of thioether (sulfide) groups is 1. The molecule has 1 aromatic heterocycles. The highest BCUT2D eigenvalue weighted by Crippen LogP contribution is 2.32. The number of rotatable bonds is 4. The van der Waals surface area contributed by atoms with E-state index in [1.165, 1.54) is 11.8 Å². The average Bonchev–Trinajstić information content (AvgIpc) is 2.98. The van der Waals surface area contributed by atoms with Crippen molar-refractivity contribution in [3.05, 3.63) is 54.1 Å². The molecule has 0 amide bonds. The van der Waals surface area contributed by atoms with E-state index in [2.05, 4.69) is 16.3 Å². The van der Waals surface area contributed by atoms with Crippen molar-refractivity contribution in [2.45, 2.75) is 12.1 Å². The lowest BCUT2D eigenvalue weighted by Crippen LogP contribution is -2.00. The molecular formula is C17H14N4OS. The largest absolute Gasteiger partial charge is 0.507 e. The maximum atomic E-state index is 10.1. The van der Waals surface area contributed by atoms with Gasteiger partial charge in [0.2, 0.25) is 0 Å². The van der Waals surface area contributed by atoms with E-state index >= 15 is 0 Å². The molecule has 5 nitrogen and oxygen atoms in total. The minimum absolute atomic E-state index is 0.144. The molecule has 0 aliphatic carbocycles. The SMILES string of the molecule is Cc1ccc(-n2c(SCC#N)nnc2-c2ccccc2O)cc1. The topological polar surface area (TPSA) is 74.7 Å². The molecule has 0 spiro atoms. The van der Waals surface area contributed by atoms with Crippen molar-refractivity contribution in [1.29, 1.82) is 5.26 Å². The summed E-state index contributed by atoms with van der Waals surface area (Å²) in [5.74, 6) is 0.975. The zero-order chi connectivity index (χ0) is 16.2. The third kappa shape index (κ3) is 3.05. The monoisotopic (exact) mass is 322 g/mol. The first-order chi connectivity index (χ1) is 11.2. The van der Waals surface area contributed by atoms with E-state index in [0.29, 0.717) is 16.5 Å². The van der Waals surface area contributed by atoms with Crippen LogP contribution in [-0.4, -0.2) is 25.6 Å². The highest BCUT2D eigenvalue weighted by molar-refractivity contribution is 7.99. The van der Waals surface area contributed by atoms with Crippen LogP contribution in [0.5, 0.6) is 5.75 Å². The van der Waals surface area contributed by atoms with Crippen LogP contribution in [0, 0.1) is 18.3 Å². The van der Waals surface area contributed by atoms with Gasteiger partial charge in [0.05, 0.1) is 17.4 Å². The molecule has 0 atom stereocenters. The van der Waals surface area contributed by atoms with Crippen LogP contribution >= 0.6 is 11.8 Å². The Labute approximate surface area is 138 Å². The summed E-state index contributed by atoms with van der Waals surface area (Å²) in [5, 5.41) is 28.0. The number of nitrogens with zero attached hydrogens (tertiary/aromatic N) is 4. The molecule has 114 valence electrons. The molecular weight excluding hydrogens is 308 g/mol. The maximum Gasteiger partial charge on any atom is 0.197 e. The van der Waals surface area contributed by atoms with E-state index < -0.39 is 0 Å². The molecule has 0 fully saturated rings. The Morgan fingerprint density at radius 2 is 1.87 bits per heavy atom. The smallest absolute Gasteiger partial charge is 0.197 e. The summed E-state index contributed by atoms with van der Waals surface area (Å²) in [4.78, 5) is 0. The number of aromatic hydroxyl groups is 1. The second-order valence-corrected chi connectivity index (χ2v) is 5.88. The van der Waals surface area contributed by atoms with Gasteiger partial charge < -0.3 is 5.11 Å². The summed E-state index contributed by atoms with van der Waals surface area (Å²) in [7, 11) is 0. The van der Waals surface area contributed by atoms with Gasteiger partial charge in [-0.3, -0.25) is 4.57 Å². The molecule has 23 heavy (non-hydrogen) atoms. The van der Waals surface area contributed by atoms with Crippen LogP contribution in [0.3, 0.4) is 0 Å². The molecule has 0 unspecified atom stereocenters. The van der Waals surface area contributed by atoms with Crippen LogP contribution in [0.25, 0.3) is 17.1 Å². The Morgan fingerprint density at radius 1 is 1.13 bits per heavy atom. The second-order valence-electron chi connectivity index (χ2n) is 4.94. The molecule has 0 saturated carbocycles. The third-order valence-electron chi connectivity index (χ3n) is 3.34. The van der Waals surface area contributed by atoms with Crippen molar-refractivity contribution < 1.29 is 5.11 Å². The van der Waals surface area contributed by atoms with Crippen molar-refractivity contribution in [3.63, 3.8) is 0 Å². The minimum atomic E-state index is 0.144. The van der Waals surface area contributed by atoms with Crippen LogP contribution in [0.4, 0.5) is 0 Å². The molecule has 0 saturated heterocycles. The predicted molar refractivity (Wildman–Crippen MR) is 89.5 cm³/mol. The molecule has 1 N–H and O–H groups in total. The first-order valence-corrected chi connectivity index (χ1v) is 8.00. The van der Waals surface area contributed by atoms with Crippen molar-refractivity contribution >= 4 is 11.8 Å². The van der Waals surface area contributed by atoms with Crippen LogP contribution in [-0.2, 0) is 0 Å². The predicted octanol–water partition coefficient (Wildman–Crippen LogP) is 3.56. The lowest BCUT2D eigenvalue weighted by Gasteiger charge is -2.10. The summed E-state index contributed by atoms with van der Waals surface area (Å²) in [6.07, 6.45) is 0. The molecule has 2 aromatic carbocycles. The maximum absolute atomic E-state index is 10.1. The summed E-state index contributed by atoms with van der Waals surface area (Å²) >= 11 is 1.31. The Hall–Kier alpha value is -2.78. The number of phenols is 1. The highest BCUT2D eigenvalue weighted by atomic mass is 32.2. The average molecular weight is 322 g/mol. The summed E-state index contributed by atoms with van der Waals surface area (Å²) in [6, 6.07) is 17.1. The van der Waals surface area contributed by atoms with E-state index in [1.54, 1.807) is 18.2 Å². The Balaban J connectivity index is 2.17. The van der Waals surface area contributed by atoms with Gasteiger partial charge >= 0.3 is 0 Å². The van der Waals surface area contributed by atoms with Gasteiger partial charge in [-0.2, -0.15) is 5.26 Å². The fraction of sp³-hybridized carbons (Fsp3) is 0.118. The van der Waals surface area contributed by atoms with Crippen molar-refractivity contribution in [3.8, 4) is 28.9 Å². The first-order valence-electron chi connectivity index (χ1n) is 7.01. The molecule has 1 heterocycles. The highest BCUT2D eigenvalue weighted by Gasteiger charge is 2.18. The molecule has 0 bridgehead atoms. The number of hydrogen-bond acceptors (Lipinski definition) is 5. The molecule has 0 aliphatic heterocycles. The zero-order valence-corrected chi connectivity index (χ0v) is 13.3. The third-order valence-corrected chi connectivity index (χ3v) is 4.13. The first kappa shape index (κ1) is 15.1. The standard InChI is InChI=1S/C17H14N4OS/c1-12-6-8-13(9-7-12)21-16(14-4-2-3-5-15(14)22)19-20-17(21)23-11-10-18/h2-9,22H,11H2,1H3. The normalized spacial score (nSPS) is 10.4. The van der Waals surface area contributed by atoms with E-state index in [1.807, 2.05) is 41.8 Å². The number of aromatic nitrogens is 3. The van der Waals surface area contributed by atoms with Gasteiger partial charge in [0.1, 0.15) is 5.75 Å². The minimum Gasteiger partial charge on any atom is -0.507 e. The molecule has 6 heteroatoms. The number of phenolic OH excluding ortho intramolecular Hbond substituents is 1. The molecule has 0 aliphatic rings. The molecule has 3 rings (SSSR count). The van der Waals surface area contributed by atoms with Gasteiger partial charge in [0.15, 0.2) is 11.0 Å².